The fourth-order valence-corrected chi connectivity index (χ4v) is 7.36. The van der Waals surface area contributed by atoms with Crippen LogP contribution in [0.25, 0.3) is 0 Å². The predicted octanol–water partition coefficient (Wildman–Crippen LogP) is 15.6. The van der Waals surface area contributed by atoms with E-state index in [1.54, 1.807) is 0 Å². The van der Waals surface area contributed by atoms with Gasteiger partial charge in [-0.05, 0) is 83.5 Å². The summed E-state index contributed by atoms with van der Waals surface area (Å²) in [5, 5.41) is 23.7. The second-order valence-corrected chi connectivity index (χ2v) is 17.2. The number of hydrogen-bond acceptors (Lipinski definition) is 5. The Labute approximate surface area is 383 Å². The van der Waals surface area contributed by atoms with Crippen LogP contribution in [0.4, 0.5) is 0 Å². The maximum atomic E-state index is 13.2. The summed E-state index contributed by atoms with van der Waals surface area (Å²) < 4.78 is 5.89. The minimum atomic E-state index is -0.806. The van der Waals surface area contributed by atoms with Crippen molar-refractivity contribution in [1.82, 2.24) is 5.32 Å². The van der Waals surface area contributed by atoms with Crippen LogP contribution in [0.15, 0.2) is 85.1 Å². The molecule has 0 saturated carbocycles. The van der Waals surface area contributed by atoms with E-state index in [1.165, 1.54) is 89.9 Å². The van der Waals surface area contributed by atoms with Crippen molar-refractivity contribution >= 4 is 11.9 Å². The summed E-state index contributed by atoms with van der Waals surface area (Å²) in [7, 11) is 0. The maximum absolute atomic E-state index is 13.2. The van der Waals surface area contributed by atoms with Crippen LogP contribution >= 0.6 is 0 Å². The smallest absolute Gasteiger partial charge is 0.306 e. The van der Waals surface area contributed by atoms with E-state index in [4.69, 9.17) is 4.74 Å². The summed E-state index contributed by atoms with van der Waals surface area (Å²) in [6.07, 6.45) is 63.6. The number of rotatable bonds is 45. The van der Waals surface area contributed by atoms with E-state index in [0.29, 0.717) is 25.7 Å². The van der Waals surface area contributed by atoms with Crippen molar-refractivity contribution in [3.05, 3.63) is 85.1 Å². The number of amides is 1. The first-order valence-electron chi connectivity index (χ1n) is 25.8. The van der Waals surface area contributed by atoms with Gasteiger partial charge in [-0.2, -0.15) is 0 Å². The first-order chi connectivity index (χ1) is 30.5. The number of aliphatic hydroxyl groups is 2. The van der Waals surface area contributed by atoms with E-state index in [2.05, 4.69) is 111 Å². The Morgan fingerprint density at radius 3 is 1.48 bits per heavy atom. The number of hydrogen-bond donors (Lipinski definition) is 3. The van der Waals surface area contributed by atoms with E-state index in [-0.39, 0.29) is 24.9 Å². The Hall–Kier alpha value is -2.96. The average Bonchev–Trinajstić information content (AvgIpc) is 3.26. The van der Waals surface area contributed by atoms with Gasteiger partial charge >= 0.3 is 5.97 Å². The lowest BCUT2D eigenvalue weighted by molar-refractivity contribution is -0.151. The minimum absolute atomic E-state index is 0.0383. The Kier molecular flexibility index (Phi) is 46.7. The third-order valence-electron chi connectivity index (χ3n) is 11.3. The number of carbonyl (C=O) groups excluding carboxylic acids is 2. The van der Waals surface area contributed by atoms with E-state index >= 15 is 0 Å². The standard InChI is InChI=1S/C56H97NO5/c1-4-7-10-13-16-19-22-25-26-27-28-31-34-37-40-43-46-49-56(61)62-52(47-44-41-38-35-32-29-23-20-17-14-11-8-5-2)50-55(60)57-53(51-58)54(59)48-45-42-39-36-33-30-24-21-18-15-12-9-6-3/h8,11,14,16-17,19-20,23,25-26,28,31,37,40,52-54,58-59H,4-7,9-10,12-13,15,18,21-22,24,27,29-30,32-36,38-39,41-51H2,1-3H3,(H,57,60)/b11-8+,17-14+,19-16-,23-20+,26-25-,31-28-,40-37-. The molecule has 0 aliphatic heterocycles. The molecule has 6 heteroatoms. The lowest BCUT2D eigenvalue weighted by Gasteiger charge is -2.24. The Morgan fingerprint density at radius 1 is 0.500 bits per heavy atom. The topological polar surface area (TPSA) is 95.9 Å². The highest BCUT2D eigenvalue weighted by molar-refractivity contribution is 5.77. The monoisotopic (exact) mass is 864 g/mol. The highest BCUT2D eigenvalue weighted by atomic mass is 16.5. The summed E-state index contributed by atoms with van der Waals surface area (Å²) in [5.74, 6) is -0.565. The first-order valence-corrected chi connectivity index (χ1v) is 25.8. The van der Waals surface area contributed by atoms with Gasteiger partial charge in [-0.1, -0.05) is 221 Å². The number of aliphatic hydroxyl groups excluding tert-OH is 2. The molecule has 62 heavy (non-hydrogen) atoms. The molecule has 0 aromatic rings. The van der Waals surface area contributed by atoms with E-state index < -0.39 is 18.2 Å². The van der Waals surface area contributed by atoms with Gasteiger partial charge in [0.05, 0.1) is 25.2 Å². The predicted molar refractivity (Wildman–Crippen MR) is 268 cm³/mol. The van der Waals surface area contributed by atoms with Gasteiger partial charge in [0, 0.05) is 6.42 Å². The molecule has 0 fully saturated rings. The van der Waals surface area contributed by atoms with Crippen LogP contribution in [0.2, 0.25) is 0 Å². The lowest BCUT2D eigenvalue weighted by atomic mass is 10.0. The molecule has 0 spiro atoms. The van der Waals surface area contributed by atoms with Gasteiger partial charge in [0.1, 0.15) is 6.10 Å². The molecule has 0 aromatic carbocycles. The van der Waals surface area contributed by atoms with Crippen molar-refractivity contribution in [2.45, 2.75) is 251 Å². The average molecular weight is 864 g/mol. The van der Waals surface area contributed by atoms with Crippen LogP contribution in [0.1, 0.15) is 233 Å². The number of unbranched alkanes of at least 4 members (excludes halogenated alkanes) is 21. The van der Waals surface area contributed by atoms with Gasteiger partial charge in [-0.15, -0.1) is 0 Å². The van der Waals surface area contributed by atoms with Crippen LogP contribution in [-0.2, 0) is 14.3 Å². The molecule has 356 valence electrons. The highest BCUT2D eigenvalue weighted by Gasteiger charge is 2.24. The third-order valence-corrected chi connectivity index (χ3v) is 11.3. The molecule has 6 nitrogen and oxygen atoms in total. The molecule has 0 aromatic heterocycles. The van der Waals surface area contributed by atoms with Gasteiger partial charge in [-0.3, -0.25) is 9.59 Å². The van der Waals surface area contributed by atoms with E-state index in [0.717, 1.165) is 89.9 Å². The number of ether oxygens (including phenoxy) is 1. The summed E-state index contributed by atoms with van der Waals surface area (Å²) in [4.78, 5) is 26.1. The fourth-order valence-electron chi connectivity index (χ4n) is 7.36. The molecular formula is C56H97NO5. The Balaban J connectivity index is 4.70. The molecule has 3 atom stereocenters. The molecule has 3 N–H and O–H groups in total. The summed E-state index contributed by atoms with van der Waals surface area (Å²) >= 11 is 0. The lowest BCUT2D eigenvalue weighted by Crippen LogP contribution is -2.46. The number of esters is 1. The number of carbonyl (C=O) groups is 2. The second-order valence-electron chi connectivity index (χ2n) is 17.2. The van der Waals surface area contributed by atoms with Crippen molar-refractivity contribution in [2.75, 3.05) is 6.61 Å². The maximum Gasteiger partial charge on any atom is 0.306 e. The van der Waals surface area contributed by atoms with Gasteiger partial charge in [0.15, 0.2) is 0 Å². The van der Waals surface area contributed by atoms with Crippen molar-refractivity contribution < 1.29 is 24.5 Å². The van der Waals surface area contributed by atoms with Gasteiger partial charge in [0.2, 0.25) is 5.91 Å². The number of allylic oxidation sites excluding steroid dienone is 14. The van der Waals surface area contributed by atoms with E-state index in [9.17, 15) is 19.8 Å². The van der Waals surface area contributed by atoms with Crippen LogP contribution in [0.5, 0.6) is 0 Å². The molecule has 1 amide bonds. The summed E-state index contributed by atoms with van der Waals surface area (Å²) in [6, 6.07) is -0.723. The molecule has 0 saturated heterocycles. The largest absolute Gasteiger partial charge is 0.462 e. The van der Waals surface area contributed by atoms with Crippen LogP contribution in [0, 0.1) is 0 Å². The Morgan fingerprint density at radius 2 is 0.935 bits per heavy atom. The van der Waals surface area contributed by atoms with Crippen LogP contribution < -0.4 is 5.32 Å². The molecular weight excluding hydrogens is 767 g/mol. The zero-order valence-corrected chi connectivity index (χ0v) is 40.5. The molecule has 0 radical (unpaired) electrons. The van der Waals surface area contributed by atoms with Crippen molar-refractivity contribution in [3.63, 3.8) is 0 Å². The third kappa shape index (κ3) is 43.7. The zero-order valence-electron chi connectivity index (χ0n) is 40.5. The fraction of sp³-hybridized carbons (Fsp3) is 0.714. The number of nitrogens with one attached hydrogen (secondary N) is 1. The highest BCUT2D eigenvalue weighted by Crippen LogP contribution is 2.17. The normalized spacial score (nSPS) is 14.0. The molecule has 3 unspecified atom stereocenters. The van der Waals surface area contributed by atoms with Crippen LogP contribution in [-0.4, -0.2) is 46.9 Å². The summed E-state index contributed by atoms with van der Waals surface area (Å²) in [5.41, 5.74) is 0. The zero-order chi connectivity index (χ0) is 45.2. The minimum Gasteiger partial charge on any atom is -0.462 e. The van der Waals surface area contributed by atoms with Crippen molar-refractivity contribution in [2.24, 2.45) is 0 Å². The van der Waals surface area contributed by atoms with Gasteiger partial charge in [-0.25, -0.2) is 0 Å². The summed E-state index contributed by atoms with van der Waals surface area (Å²) in [6.45, 7) is 6.30. The SMILES string of the molecule is CC/C=C/C=C/C=C/CCCCCCCC(CC(=O)NC(CO)C(O)CCCCCCCCCCCCCCC)OC(=O)CCC/C=C\C/C=C\C/C=C\C/C=C\CCCCC. The van der Waals surface area contributed by atoms with Crippen molar-refractivity contribution in [1.29, 1.82) is 0 Å². The first kappa shape index (κ1) is 59.0. The van der Waals surface area contributed by atoms with E-state index in [1.807, 2.05) is 0 Å². The Bertz CT molecular complexity index is 1200. The molecule has 0 aliphatic carbocycles. The quantitative estimate of drug-likeness (QED) is 0.0245. The van der Waals surface area contributed by atoms with Gasteiger partial charge < -0.3 is 20.3 Å². The van der Waals surface area contributed by atoms with Gasteiger partial charge in [0.25, 0.3) is 0 Å². The van der Waals surface area contributed by atoms with Crippen molar-refractivity contribution in [3.8, 4) is 0 Å². The molecule has 0 heterocycles. The molecule has 0 bridgehead atoms. The molecule has 0 rings (SSSR count). The van der Waals surface area contributed by atoms with Crippen LogP contribution in [0.3, 0.4) is 0 Å². The second kappa shape index (κ2) is 49.1. The molecule has 0 aliphatic rings.